The van der Waals surface area contributed by atoms with Gasteiger partial charge in [-0.15, -0.1) is 0 Å². The quantitative estimate of drug-likeness (QED) is 0.368. The Morgan fingerprint density at radius 2 is 1.79 bits per heavy atom. The molecule has 1 aliphatic rings. The number of carbonyl (C=O) groups excluding carboxylic acids is 2. The average molecular weight is 518 g/mol. The zero-order chi connectivity index (χ0) is 25.8. The molecule has 1 saturated heterocycles. The maximum atomic E-state index is 13.3. The topological polar surface area (TPSA) is 97.7 Å². The van der Waals surface area contributed by atoms with Crippen LogP contribution in [0.1, 0.15) is 24.8 Å². The van der Waals surface area contributed by atoms with E-state index < -0.39 is 11.9 Å². The van der Waals surface area contributed by atoms with E-state index in [0.29, 0.717) is 23.4 Å². The lowest BCUT2D eigenvalue weighted by Crippen LogP contribution is -2.41. The predicted octanol–water partition coefficient (Wildman–Crippen LogP) is 3.92. The number of benzene rings is 3. The summed E-state index contributed by atoms with van der Waals surface area (Å²) in [6.45, 7) is 6.21. The number of methoxy groups -OCH3 is 1. The van der Waals surface area contributed by atoms with Crippen LogP contribution in [0.4, 0.5) is 5.69 Å². The fourth-order valence-electron chi connectivity index (χ4n) is 4.61. The van der Waals surface area contributed by atoms with Crippen LogP contribution >= 0.6 is 0 Å². The van der Waals surface area contributed by atoms with E-state index in [1.807, 2.05) is 65.3 Å². The summed E-state index contributed by atoms with van der Waals surface area (Å²) in [4.78, 5) is 28.5. The number of aromatic nitrogens is 2. The molecule has 5 rings (SSSR count). The van der Waals surface area contributed by atoms with Gasteiger partial charge in [-0.1, -0.05) is 49.9 Å². The fourth-order valence-corrected chi connectivity index (χ4v) is 4.61. The molecule has 2 N–H and O–H groups in total. The molecule has 0 saturated carbocycles. The Hall–Kier alpha value is -3.95. The molecule has 2 amide bonds. The molecular weight excluding hydrogens is 482 g/mol. The summed E-state index contributed by atoms with van der Waals surface area (Å²) in [5.74, 6) is -0.0741. The van der Waals surface area contributed by atoms with Crippen molar-refractivity contribution >= 4 is 39.2 Å². The van der Waals surface area contributed by atoms with E-state index in [-0.39, 0.29) is 19.0 Å². The molecule has 1 aliphatic heterocycles. The largest absolute Gasteiger partial charge is 0.494 e. The van der Waals surface area contributed by atoms with E-state index >= 15 is 0 Å². The summed E-state index contributed by atoms with van der Waals surface area (Å²) < 4.78 is 12.8. The van der Waals surface area contributed by atoms with Crippen LogP contribution in [0.25, 0.3) is 21.7 Å². The van der Waals surface area contributed by atoms with Gasteiger partial charge in [0.05, 0.1) is 26.9 Å². The molecule has 38 heavy (non-hydrogen) atoms. The Labute approximate surface area is 222 Å². The summed E-state index contributed by atoms with van der Waals surface area (Å²) in [7, 11) is 1.60. The van der Waals surface area contributed by atoms with Gasteiger partial charge in [-0.25, -0.2) is 0 Å². The number of nitrogens with zero attached hydrogens (tertiary/aromatic N) is 3. The molecule has 0 aliphatic carbocycles. The number of carbonyl (C=O) groups is 2. The predicted molar refractivity (Wildman–Crippen MR) is 150 cm³/mol. The third-order valence-corrected chi connectivity index (χ3v) is 6.66. The standard InChI is InChI=1S/C28H31N5O4.CH4/c1-19(27(34)30-22-11-10-20-6-3-4-7-21(20)18-22)29-28(35)25-23-8-5-9-24(36-2)26(23)33(31-25)13-12-32-14-16-37-17-15-32;/h3-11,18-19H,12-17H2,1-2H3,(H,29,35)(H,30,34);1H4. The van der Waals surface area contributed by atoms with Crippen molar-refractivity contribution in [3.8, 4) is 5.75 Å². The van der Waals surface area contributed by atoms with Gasteiger partial charge in [0.1, 0.15) is 17.3 Å². The van der Waals surface area contributed by atoms with Gasteiger partial charge in [-0.2, -0.15) is 5.10 Å². The SMILES string of the molecule is C.COc1cccc2c(C(=O)NC(C)C(=O)Nc3ccc4ccccc4c3)nn(CCN3CCOCC3)c12. The molecule has 9 heteroatoms. The van der Waals surface area contributed by atoms with Gasteiger partial charge in [0.15, 0.2) is 5.69 Å². The van der Waals surface area contributed by atoms with Gasteiger partial charge < -0.3 is 20.1 Å². The van der Waals surface area contributed by atoms with Gasteiger partial charge in [0, 0.05) is 30.7 Å². The lowest BCUT2D eigenvalue weighted by molar-refractivity contribution is -0.117. The highest BCUT2D eigenvalue weighted by molar-refractivity contribution is 6.08. The molecule has 0 bridgehead atoms. The third-order valence-electron chi connectivity index (χ3n) is 6.66. The Balaban J connectivity index is 0.00000336. The molecule has 1 atom stereocenters. The van der Waals surface area contributed by atoms with Crippen LogP contribution < -0.4 is 15.4 Å². The first-order chi connectivity index (χ1) is 18.0. The number of hydrogen-bond donors (Lipinski definition) is 2. The monoisotopic (exact) mass is 517 g/mol. The number of amides is 2. The van der Waals surface area contributed by atoms with Crippen molar-refractivity contribution in [2.75, 3.05) is 45.3 Å². The van der Waals surface area contributed by atoms with Gasteiger partial charge in [0.2, 0.25) is 5.91 Å². The second-order valence-electron chi connectivity index (χ2n) is 9.13. The molecule has 2 heterocycles. The van der Waals surface area contributed by atoms with E-state index in [2.05, 4.69) is 20.6 Å². The van der Waals surface area contributed by atoms with E-state index in [1.165, 1.54) is 0 Å². The van der Waals surface area contributed by atoms with Crippen molar-refractivity contribution in [2.24, 2.45) is 0 Å². The normalized spacial score (nSPS) is 14.6. The molecule has 4 aromatic rings. The zero-order valence-corrected chi connectivity index (χ0v) is 21.1. The van der Waals surface area contributed by atoms with Gasteiger partial charge >= 0.3 is 0 Å². The van der Waals surface area contributed by atoms with Crippen LogP contribution in [0.3, 0.4) is 0 Å². The van der Waals surface area contributed by atoms with E-state index in [4.69, 9.17) is 9.47 Å². The minimum Gasteiger partial charge on any atom is -0.494 e. The van der Waals surface area contributed by atoms with Crippen LogP contribution in [0, 0.1) is 0 Å². The number of para-hydroxylation sites is 1. The van der Waals surface area contributed by atoms with Crippen LogP contribution in [0.15, 0.2) is 60.7 Å². The van der Waals surface area contributed by atoms with E-state index in [9.17, 15) is 9.59 Å². The van der Waals surface area contributed by atoms with Crippen LogP contribution in [-0.2, 0) is 16.1 Å². The summed E-state index contributed by atoms with van der Waals surface area (Å²) in [5.41, 5.74) is 1.70. The highest BCUT2D eigenvalue weighted by atomic mass is 16.5. The minimum atomic E-state index is -0.766. The Kier molecular flexibility index (Phi) is 8.60. The molecule has 9 nitrogen and oxygen atoms in total. The van der Waals surface area contributed by atoms with Crippen LogP contribution in [0.5, 0.6) is 5.75 Å². The number of morpholine rings is 1. The second-order valence-corrected chi connectivity index (χ2v) is 9.13. The van der Waals surface area contributed by atoms with E-state index in [0.717, 1.165) is 49.1 Å². The smallest absolute Gasteiger partial charge is 0.273 e. The van der Waals surface area contributed by atoms with Crippen molar-refractivity contribution in [2.45, 2.75) is 26.9 Å². The van der Waals surface area contributed by atoms with Crippen LogP contribution in [-0.4, -0.2) is 72.5 Å². The first kappa shape index (κ1) is 27.1. The molecule has 200 valence electrons. The highest BCUT2D eigenvalue weighted by Crippen LogP contribution is 2.28. The lowest BCUT2D eigenvalue weighted by atomic mass is 10.1. The Morgan fingerprint density at radius 3 is 2.55 bits per heavy atom. The summed E-state index contributed by atoms with van der Waals surface area (Å²) in [5, 5.41) is 13.1. The molecule has 1 fully saturated rings. The Bertz CT molecular complexity index is 1430. The maximum Gasteiger partial charge on any atom is 0.273 e. The van der Waals surface area contributed by atoms with Gasteiger partial charge in [-0.3, -0.25) is 19.2 Å². The summed E-state index contributed by atoms with van der Waals surface area (Å²) >= 11 is 0. The molecule has 1 aromatic heterocycles. The number of rotatable bonds is 8. The number of fused-ring (bicyclic) bond motifs is 2. The molecule has 3 aromatic carbocycles. The second kappa shape index (κ2) is 12.1. The minimum absolute atomic E-state index is 0. The van der Waals surface area contributed by atoms with Crippen molar-refractivity contribution in [1.29, 1.82) is 0 Å². The maximum absolute atomic E-state index is 13.3. The van der Waals surface area contributed by atoms with E-state index in [1.54, 1.807) is 14.0 Å². The lowest BCUT2D eigenvalue weighted by Gasteiger charge is -2.26. The van der Waals surface area contributed by atoms with Crippen LogP contribution in [0.2, 0.25) is 0 Å². The van der Waals surface area contributed by atoms with Crippen molar-refractivity contribution in [3.05, 3.63) is 66.4 Å². The number of hydrogen-bond acceptors (Lipinski definition) is 6. The summed E-state index contributed by atoms with van der Waals surface area (Å²) in [6.07, 6.45) is 0. The average Bonchev–Trinajstić information content (AvgIpc) is 3.31. The van der Waals surface area contributed by atoms with Crippen molar-refractivity contribution in [1.82, 2.24) is 20.0 Å². The van der Waals surface area contributed by atoms with Crippen molar-refractivity contribution < 1.29 is 19.1 Å². The molecule has 1 unspecified atom stereocenters. The number of nitrogens with one attached hydrogen (secondary N) is 2. The Morgan fingerprint density at radius 1 is 1.03 bits per heavy atom. The van der Waals surface area contributed by atoms with Gasteiger partial charge in [0.25, 0.3) is 5.91 Å². The first-order valence-corrected chi connectivity index (χ1v) is 12.5. The van der Waals surface area contributed by atoms with Crippen molar-refractivity contribution in [3.63, 3.8) is 0 Å². The molecular formula is C29H35N5O4. The zero-order valence-electron chi connectivity index (χ0n) is 21.1. The highest BCUT2D eigenvalue weighted by Gasteiger charge is 2.24. The molecule has 0 spiro atoms. The number of anilines is 1. The summed E-state index contributed by atoms with van der Waals surface area (Å²) in [6, 6.07) is 18.4. The van der Waals surface area contributed by atoms with Gasteiger partial charge in [-0.05, 0) is 35.9 Å². The third kappa shape index (κ3) is 5.79. The number of ether oxygens (including phenoxy) is 2. The molecule has 0 radical (unpaired) electrons. The fraction of sp³-hybridized carbons (Fsp3) is 0.345. The first-order valence-electron chi connectivity index (χ1n) is 12.5.